The number of halogens is 1. The summed E-state index contributed by atoms with van der Waals surface area (Å²) >= 11 is 3.41. The van der Waals surface area contributed by atoms with Crippen molar-refractivity contribution in [2.75, 3.05) is 13.1 Å². The summed E-state index contributed by atoms with van der Waals surface area (Å²) in [6.45, 7) is 0.784. The quantitative estimate of drug-likeness (QED) is 0.714. The summed E-state index contributed by atoms with van der Waals surface area (Å²) in [6, 6.07) is 1.88. The molecule has 10 heteroatoms. The van der Waals surface area contributed by atoms with E-state index in [2.05, 4.69) is 31.1 Å². The van der Waals surface area contributed by atoms with Gasteiger partial charge in [0.1, 0.15) is 10.7 Å². The maximum atomic E-state index is 11.1. The second kappa shape index (κ2) is 6.03. The number of hydrogen-bond donors (Lipinski definition) is 1. The fraction of sp³-hybridized carbons (Fsp3) is 0.333. The highest BCUT2D eigenvalue weighted by atomic mass is 79.9. The normalized spacial score (nSPS) is 17.4. The molecule has 1 aliphatic rings. The third kappa shape index (κ3) is 2.93. The van der Waals surface area contributed by atoms with Gasteiger partial charge in [-0.25, -0.2) is 14.3 Å². The number of aromatic nitrogens is 5. The fourth-order valence-corrected chi connectivity index (χ4v) is 3.24. The lowest BCUT2D eigenvalue weighted by molar-refractivity contribution is 0.144. The van der Waals surface area contributed by atoms with Crippen molar-refractivity contribution in [1.29, 1.82) is 0 Å². The number of nitrogens with zero attached hydrogens (tertiary/aromatic N) is 6. The highest BCUT2D eigenvalue weighted by molar-refractivity contribution is 9.10. The monoisotopic (exact) mass is 406 g/mol. The summed E-state index contributed by atoms with van der Waals surface area (Å²) in [5.74, 6) is 0.427. The molecule has 1 amide bonds. The minimum atomic E-state index is -0.931. The van der Waals surface area contributed by atoms with Crippen LogP contribution in [-0.4, -0.2) is 59.7 Å². The van der Waals surface area contributed by atoms with E-state index >= 15 is 0 Å². The molecule has 0 aromatic carbocycles. The summed E-state index contributed by atoms with van der Waals surface area (Å²) in [5, 5.41) is 17.8. The number of carbonyl (C=O) groups is 1. The van der Waals surface area contributed by atoms with Crippen LogP contribution in [0.1, 0.15) is 6.42 Å². The highest BCUT2D eigenvalue weighted by Gasteiger charge is 2.29. The van der Waals surface area contributed by atoms with Gasteiger partial charge in [-0.3, -0.25) is 4.68 Å². The van der Waals surface area contributed by atoms with Crippen LogP contribution in [0.5, 0.6) is 5.88 Å². The van der Waals surface area contributed by atoms with Crippen LogP contribution < -0.4 is 4.74 Å². The second-order valence-corrected chi connectivity index (χ2v) is 6.69. The first kappa shape index (κ1) is 15.9. The van der Waals surface area contributed by atoms with Gasteiger partial charge in [0, 0.05) is 31.8 Å². The van der Waals surface area contributed by atoms with Crippen molar-refractivity contribution in [2.45, 2.75) is 12.5 Å². The predicted molar refractivity (Wildman–Crippen MR) is 91.5 cm³/mol. The number of rotatable bonds is 3. The average Bonchev–Trinajstić information content (AvgIpc) is 3.29. The van der Waals surface area contributed by atoms with Crippen LogP contribution in [0.2, 0.25) is 0 Å². The first-order valence-corrected chi connectivity index (χ1v) is 8.48. The highest BCUT2D eigenvalue weighted by Crippen LogP contribution is 2.31. The Morgan fingerprint density at radius 2 is 2.28 bits per heavy atom. The number of amides is 1. The summed E-state index contributed by atoms with van der Waals surface area (Å²) in [7, 11) is 1.84. The van der Waals surface area contributed by atoms with Gasteiger partial charge in [0.15, 0.2) is 5.65 Å². The molecular formula is C15H15BrN6O3. The van der Waals surface area contributed by atoms with E-state index in [1.165, 1.54) is 4.90 Å². The number of imidazole rings is 1. The number of hydrogen-bond acceptors (Lipinski definition) is 5. The first-order chi connectivity index (χ1) is 12.0. The molecule has 0 spiro atoms. The van der Waals surface area contributed by atoms with Crippen molar-refractivity contribution in [2.24, 2.45) is 7.05 Å². The van der Waals surface area contributed by atoms with Gasteiger partial charge in [0.05, 0.1) is 24.5 Å². The van der Waals surface area contributed by atoms with Crippen molar-refractivity contribution < 1.29 is 14.6 Å². The Hall–Kier alpha value is -2.62. The molecule has 1 atom stereocenters. The number of carboxylic acid groups (broad SMARTS) is 1. The number of likely N-dealkylation sites (tertiary alicyclic amines) is 1. The molecule has 0 saturated carbocycles. The standard InChI is InChI=1S/C15H15BrN6O3/c1-20-7-9(5-18-20)11-4-13-17-6-12(16)22(13)19-14(11)25-10-2-3-21(8-10)15(23)24/h4-7,10H,2-3,8H2,1H3,(H,23,24)/t10-/m0/s1. The van der Waals surface area contributed by atoms with E-state index in [0.717, 1.165) is 11.1 Å². The van der Waals surface area contributed by atoms with Crippen LogP contribution in [0.25, 0.3) is 16.8 Å². The molecule has 25 heavy (non-hydrogen) atoms. The van der Waals surface area contributed by atoms with Crippen LogP contribution in [-0.2, 0) is 7.05 Å². The molecule has 130 valence electrons. The zero-order valence-electron chi connectivity index (χ0n) is 13.3. The Bertz CT molecular complexity index is 952. The lowest BCUT2D eigenvalue weighted by Gasteiger charge is -2.16. The number of ether oxygens (including phenoxy) is 1. The molecular weight excluding hydrogens is 392 g/mol. The van der Waals surface area contributed by atoms with Crippen molar-refractivity contribution in [3.05, 3.63) is 29.3 Å². The zero-order valence-corrected chi connectivity index (χ0v) is 14.9. The zero-order chi connectivity index (χ0) is 17.6. The fourth-order valence-electron chi connectivity index (χ4n) is 2.88. The maximum Gasteiger partial charge on any atom is 0.407 e. The van der Waals surface area contributed by atoms with Crippen molar-refractivity contribution in [3.63, 3.8) is 0 Å². The second-order valence-electron chi connectivity index (χ2n) is 5.87. The van der Waals surface area contributed by atoms with Gasteiger partial charge in [0.2, 0.25) is 5.88 Å². The van der Waals surface area contributed by atoms with E-state index in [9.17, 15) is 4.79 Å². The van der Waals surface area contributed by atoms with Gasteiger partial charge in [-0.1, -0.05) is 0 Å². The van der Waals surface area contributed by atoms with Crippen LogP contribution in [0.15, 0.2) is 29.3 Å². The van der Waals surface area contributed by atoms with Gasteiger partial charge in [0.25, 0.3) is 0 Å². The predicted octanol–water partition coefficient (Wildman–Crippen LogP) is 2.02. The molecule has 0 aliphatic carbocycles. The van der Waals surface area contributed by atoms with Crippen LogP contribution in [0, 0.1) is 0 Å². The lowest BCUT2D eigenvalue weighted by atomic mass is 10.1. The Balaban J connectivity index is 1.73. The van der Waals surface area contributed by atoms with Gasteiger partial charge in [-0.15, -0.1) is 5.10 Å². The van der Waals surface area contributed by atoms with E-state index in [-0.39, 0.29) is 6.10 Å². The number of aryl methyl sites for hydroxylation is 1. The minimum Gasteiger partial charge on any atom is -0.471 e. The van der Waals surface area contributed by atoms with Gasteiger partial charge >= 0.3 is 6.09 Å². The topological polar surface area (TPSA) is 97.8 Å². The van der Waals surface area contributed by atoms with E-state index in [1.54, 1.807) is 21.6 Å². The SMILES string of the molecule is Cn1cc(-c2cc3ncc(Br)n3nc2O[C@H]2CCN(C(=O)O)C2)cn1. The third-order valence-electron chi connectivity index (χ3n) is 4.13. The molecule has 1 fully saturated rings. The molecule has 0 unspecified atom stereocenters. The van der Waals surface area contributed by atoms with E-state index in [0.29, 0.717) is 35.6 Å². The molecule has 1 aliphatic heterocycles. The molecule has 0 bridgehead atoms. The molecule has 3 aromatic heterocycles. The minimum absolute atomic E-state index is 0.237. The Kier molecular flexibility index (Phi) is 3.83. The van der Waals surface area contributed by atoms with E-state index in [4.69, 9.17) is 9.84 Å². The first-order valence-electron chi connectivity index (χ1n) is 7.69. The van der Waals surface area contributed by atoms with Gasteiger partial charge in [-0.2, -0.15) is 5.10 Å². The average molecular weight is 407 g/mol. The van der Waals surface area contributed by atoms with Crippen LogP contribution in [0.4, 0.5) is 4.79 Å². The van der Waals surface area contributed by atoms with Crippen molar-refractivity contribution in [3.8, 4) is 17.0 Å². The summed E-state index contributed by atoms with van der Waals surface area (Å²) in [6.07, 6.45) is 4.73. The molecule has 0 radical (unpaired) electrons. The smallest absolute Gasteiger partial charge is 0.407 e. The van der Waals surface area contributed by atoms with Crippen LogP contribution in [0.3, 0.4) is 0 Å². The Morgan fingerprint density at radius 3 is 2.96 bits per heavy atom. The van der Waals surface area contributed by atoms with Crippen LogP contribution >= 0.6 is 15.9 Å². The molecule has 9 nitrogen and oxygen atoms in total. The van der Waals surface area contributed by atoms with E-state index in [1.807, 2.05) is 19.3 Å². The molecule has 4 rings (SSSR count). The van der Waals surface area contributed by atoms with Crippen molar-refractivity contribution >= 4 is 27.7 Å². The number of fused-ring (bicyclic) bond motifs is 1. The summed E-state index contributed by atoms with van der Waals surface area (Å²) in [4.78, 5) is 16.8. The Labute approximate surface area is 151 Å². The van der Waals surface area contributed by atoms with Gasteiger partial charge < -0.3 is 14.7 Å². The molecule has 1 N–H and O–H groups in total. The summed E-state index contributed by atoms with van der Waals surface area (Å²) < 4.78 is 10.1. The molecule has 4 heterocycles. The van der Waals surface area contributed by atoms with Crippen molar-refractivity contribution in [1.82, 2.24) is 29.3 Å². The summed E-state index contributed by atoms with van der Waals surface area (Å²) in [5.41, 5.74) is 2.31. The molecule has 3 aromatic rings. The lowest BCUT2D eigenvalue weighted by Crippen LogP contribution is -2.29. The van der Waals surface area contributed by atoms with Gasteiger partial charge in [-0.05, 0) is 22.0 Å². The largest absolute Gasteiger partial charge is 0.471 e. The Morgan fingerprint density at radius 1 is 1.44 bits per heavy atom. The molecule has 1 saturated heterocycles. The third-order valence-corrected chi connectivity index (χ3v) is 4.67. The maximum absolute atomic E-state index is 11.1. The van der Waals surface area contributed by atoms with E-state index < -0.39 is 6.09 Å².